The first-order valence-corrected chi connectivity index (χ1v) is 7.78. The van der Waals surface area contributed by atoms with Gasteiger partial charge in [-0.25, -0.2) is 0 Å². The maximum absolute atomic E-state index is 8.25. The van der Waals surface area contributed by atoms with E-state index in [2.05, 4.69) is 15.9 Å². The van der Waals surface area contributed by atoms with Gasteiger partial charge in [0.05, 0.1) is 0 Å². The molecule has 0 bridgehead atoms. The zero-order valence-electron chi connectivity index (χ0n) is 10.8. The van der Waals surface area contributed by atoms with Crippen molar-refractivity contribution in [1.82, 2.24) is 0 Å². The lowest BCUT2D eigenvalue weighted by Gasteiger charge is -2.20. The number of nitrogens with zero attached hydrogens (tertiary/aromatic N) is 2. The van der Waals surface area contributed by atoms with Crippen LogP contribution in [0, 0.1) is 5.41 Å². The summed E-state index contributed by atoms with van der Waals surface area (Å²) in [5.74, 6) is 0.226. The summed E-state index contributed by atoms with van der Waals surface area (Å²) in [6, 6.07) is 17.3. The molecule has 2 aromatic rings. The van der Waals surface area contributed by atoms with Crippen LogP contribution in [0.4, 0.5) is 11.4 Å². The van der Waals surface area contributed by atoms with Crippen LogP contribution in [-0.4, -0.2) is 15.9 Å². The molecule has 6 heteroatoms. The second-order valence-electron chi connectivity index (χ2n) is 4.42. The highest BCUT2D eigenvalue weighted by Gasteiger charge is 2.37. The van der Waals surface area contributed by atoms with Gasteiger partial charge in [0.25, 0.3) is 0 Å². The SMILES string of the molecule is N=C1C(=S)N(c2ccc(Br)cc2)C(=S)N1c1ccccc1. The molecule has 1 N–H and O–H groups in total. The molecule has 1 aliphatic rings. The first-order chi connectivity index (χ1) is 10.1. The van der Waals surface area contributed by atoms with Gasteiger partial charge in [-0.2, -0.15) is 0 Å². The predicted octanol–water partition coefficient (Wildman–Crippen LogP) is 4.37. The summed E-state index contributed by atoms with van der Waals surface area (Å²) in [6.07, 6.45) is 0. The highest BCUT2D eigenvalue weighted by molar-refractivity contribution is 9.10. The molecule has 104 valence electrons. The number of thiocarbonyl (C=S) groups is 2. The molecule has 0 radical (unpaired) electrons. The zero-order chi connectivity index (χ0) is 15.0. The molecule has 0 saturated carbocycles. The highest BCUT2D eigenvalue weighted by Crippen LogP contribution is 2.28. The van der Waals surface area contributed by atoms with E-state index in [1.165, 1.54) is 0 Å². The Bertz CT molecular complexity index is 728. The van der Waals surface area contributed by atoms with Crippen LogP contribution in [0.15, 0.2) is 59.1 Å². The van der Waals surface area contributed by atoms with Crippen molar-refractivity contribution in [2.75, 3.05) is 9.80 Å². The van der Waals surface area contributed by atoms with E-state index in [9.17, 15) is 0 Å². The minimum Gasteiger partial charge on any atom is -0.281 e. The molecule has 0 aliphatic carbocycles. The molecule has 0 aromatic heterocycles. The fourth-order valence-corrected chi connectivity index (χ4v) is 3.12. The minimum absolute atomic E-state index is 0.226. The Morgan fingerprint density at radius 1 is 0.810 bits per heavy atom. The van der Waals surface area contributed by atoms with Crippen LogP contribution >= 0.6 is 40.4 Å². The molecular formula is C15H10BrN3S2. The number of hydrogen-bond acceptors (Lipinski definition) is 3. The molecule has 0 unspecified atom stereocenters. The molecule has 3 nitrogen and oxygen atoms in total. The quantitative estimate of drug-likeness (QED) is 0.789. The molecule has 1 saturated heterocycles. The van der Waals surface area contributed by atoms with E-state index in [1.54, 1.807) is 9.80 Å². The molecule has 0 amide bonds. The summed E-state index contributed by atoms with van der Waals surface area (Å²) in [5, 5.41) is 8.75. The Morgan fingerprint density at radius 2 is 1.38 bits per heavy atom. The topological polar surface area (TPSA) is 30.3 Å². The lowest BCUT2D eigenvalue weighted by atomic mass is 10.3. The Kier molecular flexibility index (Phi) is 3.84. The smallest absolute Gasteiger partial charge is 0.192 e. The van der Waals surface area contributed by atoms with E-state index in [-0.39, 0.29) is 5.84 Å². The number of amidine groups is 1. The van der Waals surface area contributed by atoms with Crippen molar-refractivity contribution in [2.24, 2.45) is 0 Å². The van der Waals surface area contributed by atoms with E-state index in [4.69, 9.17) is 29.8 Å². The van der Waals surface area contributed by atoms with Gasteiger partial charge in [0.1, 0.15) is 0 Å². The van der Waals surface area contributed by atoms with E-state index >= 15 is 0 Å². The van der Waals surface area contributed by atoms with Crippen LogP contribution < -0.4 is 9.80 Å². The number of rotatable bonds is 2. The number of benzene rings is 2. The number of anilines is 2. The van der Waals surface area contributed by atoms with Gasteiger partial charge in [-0.15, -0.1) is 0 Å². The Morgan fingerprint density at radius 3 is 2.00 bits per heavy atom. The normalized spacial score (nSPS) is 15.0. The Labute approximate surface area is 141 Å². The summed E-state index contributed by atoms with van der Waals surface area (Å²) in [4.78, 5) is 3.83. The molecule has 3 rings (SSSR count). The van der Waals surface area contributed by atoms with Crippen molar-refractivity contribution in [1.29, 1.82) is 5.41 Å². The van der Waals surface area contributed by atoms with Gasteiger partial charge in [0.2, 0.25) is 0 Å². The van der Waals surface area contributed by atoms with Crippen LogP contribution in [-0.2, 0) is 0 Å². The predicted molar refractivity (Wildman–Crippen MR) is 98.5 cm³/mol. The van der Waals surface area contributed by atoms with Gasteiger partial charge in [-0.05, 0) is 48.6 Å². The highest BCUT2D eigenvalue weighted by atomic mass is 79.9. The molecule has 0 spiro atoms. The van der Waals surface area contributed by atoms with Crippen LogP contribution in [0.5, 0.6) is 0 Å². The van der Waals surface area contributed by atoms with E-state index in [1.807, 2.05) is 54.6 Å². The molecule has 2 aromatic carbocycles. The molecule has 1 heterocycles. The third-order valence-electron chi connectivity index (χ3n) is 3.11. The third-order valence-corrected chi connectivity index (χ3v) is 4.38. The standard InChI is InChI=1S/C15H10BrN3S2/c16-10-6-8-12(9-7-10)19-14(20)13(17)18(15(19)21)11-4-2-1-3-5-11/h1-9,17H. The molecule has 1 aliphatic heterocycles. The van der Waals surface area contributed by atoms with Crippen LogP contribution in [0.25, 0.3) is 0 Å². The largest absolute Gasteiger partial charge is 0.281 e. The van der Waals surface area contributed by atoms with Crippen molar-refractivity contribution < 1.29 is 0 Å². The van der Waals surface area contributed by atoms with Crippen molar-refractivity contribution in [3.8, 4) is 0 Å². The number of halogens is 1. The average molecular weight is 376 g/mol. The summed E-state index contributed by atoms with van der Waals surface area (Å²) in [7, 11) is 0. The first kappa shape index (κ1) is 14.3. The Balaban J connectivity index is 2.02. The van der Waals surface area contributed by atoms with Crippen molar-refractivity contribution in [3.63, 3.8) is 0 Å². The van der Waals surface area contributed by atoms with Gasteiger partial charge in [-0.1, -0.05) is 46.3 Å². The fourth-order valence-electron chi connectivity index (χ4n) is 2.12. The van der Waals surface area contributed by atoms with Gasteiger partial charge in [0.15, 0.2) is 15.9 Å². The molecule has 21 heavy (non-hydrogen) atoms. The van der Waals surface area contributed by atoms with E-state index in [0.29, 0.717) is 10.1 Å². The fraction of sp³-hybridized carbons (Fsp3) is 0. The molecular weight excluding hydrogens is 366 g/mol. The molecule has 1 fully saturated rings. The van der Waals surface area contributed by atoms with Crippen molar-refractivity contribution in [2.45, 2.75) is 0 Å². The lowest BCUT2D eigenvalue weighted by molar-refractivity contribution is 1.39. The van der Waals surface area contributed by atoms with Gasteiger partial charge in [-0.3, -0.25) is 15.2 Å². The third kappa shape index (κ3) is 2.50. The average Bonchev–Trinajstić information content (AvgIpc) is 2.72. The van der Waals surface area contributed by atoms with Gasteiger partial charge in [0, 0.05) is 15.8 Å². The summed E-state index contributed by atoms with van der Waals surface area (Å²) in [5.41, 5.74) is 1.70. The monoisotopic (exact) mass is 375 g/mol. The second-order valence-corrected chi connectivity index (χ2v) is 6.09. The number of para-hydroxylation sites is 1. The minimum atomic E-state index is 0.226. The first-order valence-electron chi connectivity index (χ1n) is 6.17. The summed E-state index contributed by atoms with van der Waals surface area (Å²) < 4.78 is 0.984. The second kappa shape index (κ2) is 5.63. The Hall–Kier alpha value is -1.63. The van der Waals surface area contributed by atoms with Crippen LogP contribution in [0.3, 0.4) is 0 Å². The maximum Gasteiger partial charge on any atom is 0.192 e. The van der Waals surface area contributed by atoms with Crippen molar-refractivity contribution >= 4 is 67.7 Å². The van der Waals surface area contributed by atoms with Gasteiger partial charge >= 0.3 is 0 Å². The maximum atomic E-state index is 8.25. The summed E-state index contributed by atoms with van der Waals surface area (Å²) in [6.45, 7) is 0. The molecule has 0 atom stereocenters. The van der Waals surface area contributed by atoms with Crippen LogP contribution in [0.1, 0.15) is 0 Å². The zero-order valence-corrected chi connectivity index (χ0v) is 14.0. The number of nitrogens with one attached hydrogen (secondary N) is 1. The lowest BCUT2D eigenvalue weighted by Crippen LogP contribution is -2.32. The van der Waals surface area contributed by atoms with E-state index < -0.39 is 0 Å². The van der Waals surface area contributed by atoms with Crippen molar-refractivity contribution in [3.05, 3.63) is 59.1 Å². The van der Waals surface area contributed by atoms with E-state index in [0.717, 1.165) is 15.8 Å². The summed E-state index contributed by atoms with van der Waals surface area (Å²) >= 11 is 14.3. The van der Waals surface area contributed by atoms with Crippen LogP contribution in [0.2, 0.25) is 0 Å². The number of hydrogen-bond donors (Lipinski definition) is 1. The van der Waals surface area contributed by atoms with Gasteiger partial charge < -0.3 is 0 Å².